The number of hydrogen-bond donors (Lipinski definition) is 1. The van der Waals surface area contributed by atoms with E-state index in [9.17, 15) is 4.79 Å². The van der Waals surface area contributed by atoms with E-state index in [0.717, 1.165) is 19.3 Å². The molecule has 0 aromatic heterocycles. The Kier molecular flexibility index (Phi) is 3.19. The highest BCUT2D eigenvalue weighted by molar-refractivity contribution is 5.57. The van der Waals surface area contributed by atoms with E-state index in [1.165, 1.54) is 5.57 Å². The molecule has 0 saturated heterocycles. The zero-order valence-electron chi connectivity index (χ0n) is 9.04. The molecule has 1 atom stereocenters. The lowest BCUT2D eigenvalue weighted by Crippen LogP contribution is -2.37. The monoisotopic (exact) mass is 198 g/mol. The number of ether oxygens (including phenoxy) is 1. The molecule has 0 aromatic carbocycles. The van der Waals surface area contributed by atoms with Gasteiger partial charge in [0.2, 0.25) is 0 Å². The average Bonchev–Trinajstić information content (AvgIpc) is 2.02. The molecule has 0 saturated carbocycles. The van der Waals surface area contributed by atoms with Crippen LogP contribution in [-0.4, -0.2) is 16.9 Å². The van der Waals surface area contributed by atoms with Crippen LogP contribution >= 0.6 is 0 Å². The quantitative estimate of drug-likeness (QED) is 0.547. The smallest absolute Gasteiger partial charge is 0.450 e. The second-order valence-corrected chi connectivity index (χ2v) is 4.49. The molecule has 14 heavy (non-hydrogen) atoms. The maximum Gasteiger partial charge on any atom is 0.506 e. The average molecular weight is 198 g/mol. The van der Waals surface area contributed by atoms with Crippen molar-refractivity contribution in [3.05, 3.63) is 11.6 Å². The van der Waals surface area contributed by atoms with E-state index in [-0.39, 0.29) is 0 Å². The summed E-state index contributed by atoms with van der Waals surface area (Å²) in [4.78, 5) is 10.5. The van der Waals surface area contributed by atoms with Gasteiger partial charge >= 0.3 is 6.16 Å². The van der Waals surface area contributed by atoms with Gasteiger partial charge in [-0.15, -0.1) is 0 Å². The molecule has 80 valence electrons. The van der Waals surface area contributed by atoms with Gasteiger partial charge in [-0.1, -0.05) is 11.6 Å². The van der Waals surface area contributed by atoms with Crippen molar-refractivity contribution in [2.45, 2.75) is 45.6 Å². The van der Waals surface area contributed by atoms with E-state index in [4.69, 9.17) is 9.84 Å². The predicted octanol–water partition coefficient (Wildman–Crippen LogP) is 3.21. The minimum atomic E-state index is -1.18. The molecule has 0 aromatic rings. The van der Waals surface area contributed by atoms with Gasteiger partial charge in [0, 0.05) is 5.92 Å². The Morgan fingerprint density at radius 1 is 1.64 bits per heavy atom. The number of carboxylic acid groups (broad SMARTS) is 1. The molecule has 0 heterocycles. The van der Waals surface area contributed by atoms with Crippen LogP contribution in [0.4, 0.5) is 4.79 Å². The third-order valence-electron chi connectivity index (χ3n) is 2.97. The zero-order valence-corrected chi connectivity index (χ0v) is 9.04. The van der Waals surface area contributed by atoms with Crippen LogP contribution in [0.15, 0.2) is 11.6 Å². The normalized spacial score (nSPS) is 22.8. The van der Waals surface area contributed by atoms with Gasteiger partial charge in [0.05, 0.1) is 0 Å². The molecule has 1 N–H and O–H groups in total. The topological polar surface area (TPSA) is 46.5 Å². The van der Waals surface area contributed by atoms with Crippen molar-refractivity contribution in [1.29, 1.82) is 0 Å². The van der Waals surface area contributed by atoms with Crippen molar-refractivity contribution in [3.8, 4) is 0 Å². The molecule has 0 radical (unpaired) electrons. The Morgan fingerprint density at radius 3 is 2.71 bits per heavy atom. The van der Waals surface area contributed by atoms with Gasteiger partial charge in [-0.2, -0.15) is 0 Å². The van der Waals surface area contributed by atoms with Crippen LogP contribution in [0.1, 0.15) is 40.0 Å². The van der Waals surface area contributed by atoms with Crippen molar-refractivity contribution < 1.29 is 14.6 Å². The standard InChI is InChI=1S/C11H18O3/c1-8-4-6-9(7-5-8)11(2,3)14-10(12)13/h4,9H,5-7H2,1-3H3,(H,12,13). The van der Waals surface area contributed by atoms with Crippen LogP contribution in [-0.2, 0) is 4.74 Å². The largest absolute Gasteiger partial charge is 0.506 e. The minimum Gasteiger partial charge on any atom is -0.450 e. The summed E-state index contributed by atoms with van der Waals surface area (Å²) in [5, 5.41) is 8.59. The highest BCUT2D eigenvalue weighted by atomic mass is 16.7. The van der Waals surface area contributed by atoms with Crippen molar-refractivity contribution in [3.63, 3.8) is 0 Å². The Morgan fingerprint density at radius 2 is 2.29 bits per heavy atom. The molecule has 1 aliphatic rings. The molecule has 1 rings (SSSR count). The van der Waals surface area contributed by atoms with E-state index < -0.39 is 11.8 Å². The van der Waals surface area contributed by atoms with E-state index >= 15 is 0 Å². The highest BCUT2D eigenvalue weighted by Crippen LogP contribution is 2.33. The maximum atomic E-state index is 10.5. The first-order valence-electron chi connectivity index (χ1n) is 4.99. The zero-order chi connectivity index (χ0) is 10.8. The van der Waals surface area contributed by atoms with E-state index in [1.807, 2.05) is 13.8 Å². The van der Waals surface area contributed by atoms with E-state index in [2.05, 4.69) is 13.0 Å². The van der Waals surface area contributed by atoms with Crippen LogP contribution in [0.5, 0.6) is 0 Å². The lowest BCUT2D eigenvalue weighted by Gasteiger charge is -2.34. The predicted molar refractivity (Wildman–Crippen MR) is 54.3 cm³/mol. The van der Waals surface area contributed by atoms with Crippen LogP contribution < -0.4 is 0 Å². The first kappa shape index (κ1) is 11.1. The minimum absolute atomic E-state index is 0.308. The van der Waals surface area contributed by atoms with Gasteiger partial charge in [0.15, 0.2) is 0 Å². The summed E-state index contributed by atoms with van der Waals surface area (Å²) >= 11 is 0. The summed E-state index contributed by atoms with van der Waals surface area (Å²) in [6, 6.07) is 0. The Hall–Kier alpha value is -0.990. The van der Waals surface area contributed by atoms with Gasteiger partial charge < -0.3 is 9.84 Å². The second kappa shape index (κ2) is 4.03. The summed E-state index contributed by atoms with van der Waals surface area (Å²) in [7, 11) is 0. The summed E-state index contributed by atoms with van der Waals surface area (Å²) in [5.74, 6) is 0.308. The molecular weight excluding hydrogens is 180 g/mol. The summed E-state index contributed by atoms with van der Waals surface area (Å²) < 4.78 is 4.90. The number of carbonyl (C=O) groups is 1. The fraction of sp³-hybridized carbons (Fsp3) is 0.727. The van der Waals surface area contributed by atoms with Gasteiger partial charge in [0.1, 0.15) is 5.60 Å². The maximum absolute atomic E-state index is 10.5. The third kappa shape index (κ3) is 2.76. The van der Waals surface area contributed by atoms with Gasteiger partial charge in [0.25, 0.3) is 0 Å². The molecule has 0 fully saturated rings. The van der Waals surface area contributed by atoms with E-state index in [1.54, 1.807) is 0 Å². The lowest BCUT2D eigenvalue weighted by molar-refractivity contribution is -0.0352. The van der Waals surface area contributed by atoms with Gasteiger partial charge in [-0.25, -0.2) is 4.79 Å². The molecule has 3 heteroatoms. The van der Waals surface area contributed by atoms with Crippen LogP contribution in [0, 0.1) is 5.92 Å². The highest BCUT2D eigenvalue weighted by Gasteiger charge is 2.33. The van der Waals surface area contributed by atoms with Gasteiger partial charge in [-0.3, -0.25) is 0 Å². The number of hydrogen-bond acceptors (Lipinski definition) is 2. The van der Waals surface area contributed by atoms with Crippen LogP contribution in [0.2, 0.25) is 0 Å². The summed E-state index contributed by atoms with van der Waals surface area (Å²) in [6.07, 6.45) is 3.99. The second-order valence-electron chi connectivity index (χ2n) is 4.49. The van der Waals surface area contributed by atoms with Crippen molar-refractivity contribution in [2.75, 3.05) is 0 Å². The molecule has 0 bridgehead atoms. The van der Waals surface area contributed by atoms with Crippen molar-refractivity contribution >= 4 is 6.16 Å². The number of rotatable bonds is 2. The molecule has 1 unspecified atom stereocenters. The summed E-state index contributed by atoms with van der Waals surface area (Å²) in [6.45, 7) is 5.81. The SMILES string of the molecule is CC1=CCC(C(C)(C)OC(=O)O)CC1. The summed E-state index contributed by atoms with van der Waals surface area (Å²) in [5.41, 5.74) is 0.829. The molecule has 3 nitrogen and oxygen atoms in total. The van der Waals surface area contributed by atoms with Crippen molar-refractivity contribution in [1.82, 2.24) is 0 Å². The molecule has 0 amide bonds. The van der Waals surface area contributed by atoms with E-state index in [0.29, 0.717) is 5.92 Å². The third-order valence-corrected chi connectivity index (χ3v) is 2.97. The Balaban J connectivity index is 2.60. The molecule has 0 aliphatic heterocycles. The first-order chi connectivity index (χ1) is 6.42. The molecule has 0 spiro atoms. The first-order valence-corrected chi connectivity index (χ1v) is 4.99. The fourth-order valence-corrected chi connectivity index (χ4v) is 1.91. The lowest BCUT2D eigenvalue weighted by atomic mass is 9.80. The Bertz CT molecular complexity index is 253. The van der Waals surface area contributed by atoms with Gasteiger partial charge in [-0.05, 0) is 40.0 Å². The number of allylic oxidation sites excluding steroid dienone is 2. The van der Waals surface area contributed by atoms with Crippen LogP contribution in [0.3, 0.4) is 0 Å². The fourth-order valence-electron chi connectivity index (χ4n) is 1.91. The van der Waals surface area contributed by atoms with Crippen molar-refractivity contribution in [2.24, 2.45) is 5.92 Å². The molecule has 1 aliphatic carbocycles. The molecular formula is C11H18O3. The Labute approximate surface area is 84.8 Å². The van der Waals surface area contributed by atoms with Crippen LogP contribution in [0.25, 0.3) is 0 Å².